The summed E-state index contributed by atoms with van der Waals surface area (Å²) in [5, 5.41) is 2.36. The zero-order chi connectivity index (χ0) is 14.0. The topological polar surface area (TPSA) is 9.23 Å². The minimum Gasteiger partial charge on any atom is -0.455 e. The fourth-order valence-corrected chi connectivity index (χ4v) is 2.64. The van der Waals surface area contributed by atoms with E-state index < -0.39 is 0 Å². The van der Waals surface area contributed by atoms with E-state index in [9.17, 15) is 0 Å². The summed E-state index contributed by atoms with van der Waals surface area (Å²) in [4.78, 5) is 0. The van der Waals surface area contributed by atoms with Crippen molar-refractivity contribution in [3.63, 3.8) is 0 Å². The van der Waals surface area contributed by atoms with E-state index in [0.717, 1.165) is 5.56 Å². The molecule has 0 bridgehead atoms. The average molecular weight is 401 g/mol. The van der Waals surface area contributed by atoms with Crippen LogP contribution in [0, 0.1) is 0 Å². The van der Waals surface area contributed by atoms with Crippen molar-refractivity contribution < 1.29 is 4.74 Å². The van der Waals surface area contributed by atoms with Gasteiger partial charge in [0, 0.05) is 22.0 Å². The van der Waals surface area contributed by atoms with Crippen LogP contribution in [0.25, 0.3) is 0 Å². The molecule has 0 N–H and O–H groups in total. The molecule has 0 aromatic heterocycles. The normalized spacial score (nSPS) is 10.6. The van der Waals surface area contributed by atoms with Gasteiger partial charge in [0.15, 0.2) is 0 Å². The van der Waals surface area contributed by atoms with Crippen LogP contribution in [-0.2, 0) is 5.33 Å². The predicted octanol–water partition coefficient (Wildman–Crippen LogP) is 6.99. The molecule has 0 aliphatic carbocycles. The average Bonchev–Trinajstić information content (AvgIpc) is 2.36. The molecule has 0 radical (unpaired) electrons. The van der Waals surface area contributed by atoms with Gasteiger partial charge in [0.25, 0.3) is 0 Å². The van der Waals surface area contributed by atoms with Gasteiger partial charge < -0.3 is 4.74 Å². The largest absolute Gasteiger partial charge is 0.455 e. The molecule has 0 saturated carbocycles. The van der Waals surface area contributed by atoms with Crippen LogP contribution in [0.3, 0.4) is 0 Å². The predicted molar refractivity (Wildman–Crippen MR) is 85.6 cm³/mol. The van der Waals surface area contributed by atoms with Crippen molar-refractivity contribution in [3.05, 3.63) is 56.0 Å². The Morgan fingerprint density at radius 2 is 1.53 bits per heavy atom. The number of hydrogen-bond acceptors (Lipinski definition) is 1. The number of alkyl halides is 1. The first kappa shape index (κ1) is 15.3. The van der Waals surface area contributed by atoms with Gasteiger partial charge in [-0.1, -0.05) is 68.4 Å². The summed E-state index contributed by atoms with van der Waals surface area (Å²) in [5.74, 6) is 1.05. The number of hydrogen-bond donors (Lipinski definition) is 0. The van der Waals surface area contributed by atoms with Crippen LogP contribution in [0.4, 0.5) is 0 Å². The van der Waals surface area contributed by atoms with Crippen LogP contribution >= 0.6 is 62.3 Å². The van der Waals surface area contributed by atoms with Crippen molar-refractivity contribution in [1.82, 2.24) is 0 Å². The van der Waals surface area contributed by atoms with Crippen LogP contribution in [-0.4, -0.2) is 0 Å². The lowest BCUT2D eigenvalue weighted by Gasteiger charge is -2.12. The zero-order valence-electron chi connectivity index (χ0n) is 9.39. The molecule has 0 aliphatic heterocycles. The second kappa shape index (κ2) is 6.55. The lowest BCUT2D eigenvalue weighted by atomic mass is 10.2. The van der Waals surface area contributed by atoms with Crippen molar-refractivity contribution in [2.45, 2.75) is 5.33 Å². The van der Waals surface area contributed by atoms with E-state index in [1.807, 2.05) is 6.07 Å². The van der Waals surface area contributed by atoms with Gasteiger partial charge in [-0.25, -0.2) is 0 Å². The van der Waals surface area contributed by atoms with Crippen LogP contribution in [0.15, 0.2) is 30.3 Å². The third kappa shape index (κ3) is 3.71. The summed E-state index contributed by atoms with van der Waals surface area (Å²) in [6, 6.07) is 8.50. The van der Waals surface area contributed by atoms with Crippen molar-refractivity contribution in [1.29, 1.82) is 0 Å². The lowest BCUT2D eigenvalue weighted by Crippen LogP contribution is -1.90. The summed E-state index contributed by atoms with van der Waals surface area (Å²) >= 11 is 27.2. The molecule has 0 unspecified atom stereocenters. The van der Waals surface area contributed by atoms with Gasteiger partial charge in [0.1, 0.15) is 11.5 Å². The molecule has 0 aliphatic rings. The van der Waals surface area contributed by atoms with E-state index in [-0.39, 0.29) is 0 Å². The maximum atomic E-state index is 6.07. The van der Waals surface area contributed by atoms with Crippen LogP contribution in [0.5, 0.6) is 11.5 Å². The molecule has 2 aromatic carbocycles. The molecule has 0 heterocycles. The van der Waals surface area contributed by atoms with E-state index in [1.165, 1.54) is 0 Å². The Hall–Kier alpha value is -0.120. The van der Waals surface area contributed by atoms with E-state index in [2.05, 4.69) is 15.9 Å². The highest BCUT2D eigenvalue weighted by Gasteiger charge is 2.11. The Kier molecular flexibility index (Phi) is 5.27. The smallest absolute Gasteiger partial charge is 0.147 e. The van der Waals surface area contributed by atoms with E-state index >= 15 is 0 Å². The minimum atomic E-state index is 0.378. The van der Waals surface area contributed by atoms with Gasteiger partial charge in [0.2, 0.25) is 0 Å². The quantitative estimate of drug-likeness (QED) is 0.398. The molecule has 0 fully saturated rings. The van der Waals surface area contributed by atoms with Gasteiger partial charge in [-0.05, 0) is 18.2 Å². The molecule has 1 nitrogen and oxygen atoms in total. The third-order valence-electron chi connectivity index (χ3n) is 2.37. The molecule has 2 aromatic rings. The first-order chi connectivity index (χ1) is 9.01. The Morgan fingerprint density at radius 3 is 2.21 bits per heavy atom. The molecule has 0 atom stereocenters. The van der Waals surface area contributed by atoms with Crippen LogP contribution in [0.2, 0.25) is 20.1 Å². The highest BCUT2D eigenvalue weighted by Crippen LogP contribution is 2.38. The molecule has 6 heteroatoms. The first-order valence-corrected chi connectivity index (χ1v) is 7.81. The second-order valence-electron chi connectivity index (χ2n) is 3.68. The van der Waals surface area contributed by atoms with Gasteiger partial charge in [-0.2, -0.15) is 0 Å². The minimum absolute atomic E-state index is 0.378. The summed E-state index contributed by atoms with van der Waals surface area (Å²) in [6.45, 7) is 0. The Balaban J connectivity index is 2.41. The molecule has 0 spiro atoms. The van der Waals surface area contributed by atoms with E-state index in [1.54, 1.807) is 24.3 Å². The number of ether oxygens (including phenoxy) is 1. The standard InChI is InChI=1S/C13H7BrCl4O/c14-6-7-1-2-8(15)3-12(7)19-13-5-10(17)9(16)4-11(13)18/h1-5H,6H2. The third-order valence-corrected chi connectivity index (χ3v) is 4.22. The SMILES string of the molecule is Clc1ccc(CBr)c(Oc2cc(Cl)c(Cl)cc2Cl)c1. The number of rotatable bonds is 3. The highest BCUT2D eigenvalue weighted by atomic mass is 79.9. The van der Waals surface area contributed by atoms with Crippen molar-refractivity contribution in [2.24, 2.45) is 0 Å². The maximum Gasteiger partial charge on any atom is 0.147 e. The van der Waals surface area contributed by atoms with Gasteiger partial charge >= 0.3 is 0 Å². The molecule has 2 rings (SSSR count). The van der Waals surface area contributed by atoms with Crippen LogP contribution < -0.4 is 4.74 Å². The number of halogens is 5. The van der Waals surface area contributed by atoms with E-state index in [0.29, 0.717) is 36.9 Å². The summed E-state index contributed by atoms with van der Waals surface area (Å²) in [5.41, 5.74) is 0.950. The van der Waals surface area contributed by atoms with Gasteiger partial charge in [-0.3, -0.25) is 0 Å². The Morgan fingerprint density at radius 1 is 0.842 bits per heavy atom. The van der Waals surface area contributed by atoms with Crippen molar-refractivity contribution >= 4 is 62.3 Å². The molecule has 100 valence electrons. The van der Waals surface area contributed by atoms with Crippen molar-refractivity contribution in [2.75, 3.05) is 0 Å². The fourth-order valence-electron chi connectivity index (χ4n) is 1.43. The summed E-state index contributed by atoms with van der Waals surface area (Å²) in [6.07, 6.45) is 0. The van der Waals surface area contributed by atoms with Gasteiger partial charge in [-0.15, -0.1) is 0 Å². The lowest BCUT2D eigenvalue weighted by molar-refractivity contribution is 0.479. The molecule has 0 amide bonds. The highest BCUT2D eigenvalue weighted by molar-refractivity contribution is 9.08. The zero-order valence-corrected chi connectivity index (χ0v) is 14.0. The van der Waals surface area contributed by atoms with E-state index in [4.69, 9.17) is 51.1 Å². The molecular formula is C13H7BrCl4O. The monoisotopic (exact) mass is 398 g/mol. The van der Waals surface area contributed by atoms with Gasteiger partial charge in [0.05, 0.1) is 15.1 Å². The first-order valence-electron chi connectivity index (χ1n) is 5.18. The second-order valence-corrected chi connectivity index (χ2v) is 5.90. The Labute approximate surface area is 139 Å². The summed E-state index contributed by atoms with van der Waals surface area (Å²) in [7, 11) is 0. The Bertz CT molecular complexity index is 616. The number of benzene rings is 2. The van der Waals surface area contributed by atoms with Crippen LogP contribution in [0.1, 0.15) is 5.56 Å². The molecule has 0 saturated heterocycles. The summed E-state index contributed by atoms with van der Waals surface area (Å²) < 4.78 is 5.76. The molecule has 19 heavy (non-hydrogen) atoms. The van der Waals surface area contributed by atoms with Crippen molar-refractivity contribution in [3.8, 4) is 11.5 Å². The molecular weight excluding hydrogens is 394 g/mol. The maximum absolute atomic E-state index is 6.07. The fraction of sp³-hybridized carbons (Fsp3) is 0.0769.